The number of carboxylic acid groups (broad SMARTS) is 1. The molecular weight excluding hydrogens is 227 g/mol. The van der Waals surface area contributed by atoms with Gasteiger partial charge in [-0.3, -0.25) is 5.10 Å². The molecule has 2 rings (SSSR count). The second kappa shape index (κ2) is 4.65. The summed E-state index contributed by atoms with van der Waals surface area (Å²) in [7, 11) is 0. The number of carbonyl (C=O) groups is 1. The molecule has 5 nitrogen and oxygen atoms in total. The van der Waals surface area contributed by atoms with Crippen LogP contribution in [0.4, 0.5) is 4.39 Å². The van der Waals surface area contributed by atoms with E-state index in [-0.39, 0.29) is 18.1 Å². The molecule has 6 heteroatoms. The van der Waals surface area contributed by atoms with Gasteiger partial charge in [0.2, 0.25) is 0 Å². The lowest BCUT2D eigenvalue weighted by molar-refractivity contribution is 0.0687. The fourth-order valence-corrected chi connectivity index (χ4v) is 1.32. The molecule has 0 atom stereocenters. The number of rotatable bonds is 4. The monoisotopic (exact) mass is 236 g/mol. The van der Waals surface area contributed by atoms with Crippen molar-refractivity contribution in [3.05, 3.63) is 47.5 Å². The third-order valence-electron chi connectivity index (χ3n) is 2.15. The van der Waals surface area contributed by atoms with Gasteiger partial charge >= 0.3 is 5.97 Å². The molecule has 88 valence electrons. The van der Waals surface area contributed by atoms with E-state index in [2.05, 4.69) is 10.2 Å². The predicted octanol–water partition coefficient (Wildman–Crippen LogP) is 1.83. The SMILES string of the molecule is O=C(O)c1[nH]ncc1COc1ccccc1F. The highest BCUT2D eigenvalue weighted by Crippen LogP contribution is 2.17. The molecule has 0 amide bonds. The summed E-state index contributed by atoms with van der Waals surface area (Å²) in [5.41, 5.74) is 0.307. The van der Waals surface area contributed by atoms with E-state index in [9.17, 15) is 9.18 Å². The van der Waals surface area contributed by atoms with E-state index in [0.29, 0.717) is 5.56 Å². The highest BCUT2D eigenvalue weighted by atomic mass is 19.1. The number of aromatic carboxylic acids is 1. The summed E-state index contributed by atoms with van der Waals surface area (Å²) >= 11 is 0. The van der Waals surface area contributed by atoms with Crippen molar-refractivity contribution in [1.29, 1.82) is 0 Å². The third-order valence-corrected chi connectivity index (χ3v) is 2.15. The molecule has 0 saturated carbocycles. The van der Waals surface area contributed by atoms with Gasteiger partial charge in [0, 0.05) is 5.56 Å². The number of ether oxygens (including phenoxy) is 1. The minimum Gasteiger partial charge on any atom is -0.486 e. The van der Waals surface area contributed by atoms with Crippen LogP contribution in [0.1, 0.15) is 16.1 Å². The molecular formula is C11H9FN2O3. The van der Waals surface area contributed by atoms with Crippen LogP contribution < -0.4 is 4.74 Å². The number of aromatic nitrogens is 2. The Hall–Kier alpha value is -2.37. The normalized spacial score (nSPS) is 10.2. The zero-order valence-electron chi connectivity index (χ0n) is 8.68. The summed E-state index contributed by atoms with van der Waals surface area (Å²) in [4.78, 5) is 10.8. The molecule has 0 radical (unpaired) electrons. The minimum absolute atomic E-state index is 0.0543. The van der Waals surface area contributed by atoms with E-state index in [1.165, 1.54) is 18.3 Å². The molecule has 0 aliphatic rings. The minimum atomic E-state index is -1.13. The molecule has 0 bridgehead atoms. The zero-order chi connectivity index (χ0) is 12.3. The van der Waals surface area contributed by atoms with Gasteiger partial charge < -0.3 is 9.84 Å². The number of para-hydroxylation sites is 1. The second-order valence-electron chi connectivity index (χ2n) is 3.29. The highest BCUT2D eigenvalue weighted by Gasteiger charge is 2.13. The molecule has 17 heavy (non-hydrogen) atoms. The molecule has 0 unspecified atom stereocenters. The van der Waals surface area contributed by atoms with Gasteiger partial charge in [-0.1, -0.05) is 12.1 Å². The van der Waals surface area contributed by atoms with Crippen LogP contribution in [0.25, 0.3) is 0 Å². The van der Waals surface area contributed by atoms with Crippen LogP contribution in [0.3, 0.4) is 0 Å². The smallest absolute Gasteiger partial charge is 0.354 e. The predicted molar refractivity (Wildman–Crippen MR) is 56.3 cm³/mol. The Bertz CT molecular complexity index is 539. The average molecular weight is 236 g/mol. The molecule has 0 fully saturated rings. The molecule has 1 aromatic heterocycles. The molecule has 0 spiro atoms. The van der Waals surface area contributed by atoms with Crippen molar-refractivity contribution in [2.24, 2.45) is 0 Å². The fourth-order valence-electron chi connectivity index (χ4n) is 1.32. The molecule has 2 N–H and O–H groups in total. The second-order valence-corrected chi connectivity index (χ2v) is 3.29. The summed E-state index contributed by atoms with van der Waals surface area (Å²) in [6.45, 7) is -0.0565. The van der Waals surface area contributed by atoms with Crippen LogP contribution in [-0.2, 0) is 6.61 Å². The van der Waals surface area contributed by atoms with Crippen molar-refractivity contribution in [3.8, 4) is 5.75 Å². The van der Waals surface area contributed by atoms with E-state index in [1.807, 2.05) is 0 Å². The van der Waals surface area contributed by atoms with E-state index in [4.69, 9.17) is 9.84 Å². The third kappa shape index (κ3) is 2.41. The summed E-state index contributed by atoms with van der Waals surface area (Å²) < 4.78 is 18.4. The first-order valence-electron chi connectivity index (χ1n) is 4.81. The Morgan fingerprint density at radius 2 is 2.24 bits per heavy atom. The molecule has 0 aliphatic carbocycles. The number of halogens is 1. The number of nitrogens with zero attached hydrogens (tertiary/aromatic N) is 1. The molecule has 2 aromatic rings. The van der Waals surface area contributed by atoms with Gasteiger partial charge in [0.15, 0.2) is 11.6 Å². The number of nitrogens with one attached hydrogen (secondary N) is 1. The number of aromatic amines is 1. The highest BCUT2D eigenvalue weighted by molar-refractivity contribution is 5.86. The van der Waals surface area contributed by atoms with Gasteiger partial charge in [-0.25, -0.2) is 9.18 Å². The summed E-state index contributed by atoms with van der Waals surface area (Å²) in [5, 5.41) is 14.7. The molecule has 1 heterocycles. The lowest BCUT2D eigenvalue weighted by atomic mass is 10.2. The van der Waals surface area contributed by atoms with Gasteiger partial charge in [0.1, 0.15) is 12.3 Å². The van der Waals surface area contributed by atoms with Crippen LogP contribution >= 0.6 is 0 Å². The maximum absolute atomic E-state index is 13.2. The van der Waals surface area contributed by atoms with Crippen LogP contribution in [0, 0.1) is 5.82 Å². The van der Waals surface area contributed by atoms with Crippen LogP contribution in [-0.4, -0.2) is 21.3 Å². The standard InChI is InChI=1S/C11H9FN2O3/c12-8-3-1-2-4-9(8)17-6-7-5-13-14-10(7)11(15)16/h1-5H,6H2,(H,13,14)(H,15,16). The van der Waals surface area contributed by atoms with Crippen molar-refractivity contribution in [2.45, 2.75) is 6.61 Å². The molecule has 0 saturated heterocycles. The van der Waals surface area contributed by atoms with Crippen LogP contribution in [0.2, 0.25) is 0 Å². The van der Waals surface area contributed by atoms with E-state index in [1.54, 1.807) is 12.1 Å². The quantitative estimate of drug-likeness (QED) is 0.849. The first kappa shape index (κ1) is 11.1. The van der Waals surface area contributed by atoms with Crippen molar-refractivity contribution < 1.29 is 19.0 Å². The lowest BCUT2D eigenvalue weighted by Crippen LogP contribution is -2.04. The lowest BCUT2D eigenvalue weighted by Gasteiger charge is -2.05. The van der Waals surface area contributed by atoms with E-state index >= 15 is 0 Å². The van der Waals surface area contributed by atoms with Gasteiger partial charge in [-0.05, 0) is 12.1 Å². The number of hydrogen-bond acceptors (Lipinski definition) is 3. The Balaban J connectivity index is 2.10. The first-order chi connectivity index (χ1) is 8.18. The maximum Gasteiger partial charge on any atom is 0.354 e. The maximum atomic E-state index is 13.2. The van der Waals surface area contributed by atoms with Gasteiger partial charge in [0.05, 0.1) is 6.20 Å². The average Bonchev–Trinajstić information content (AvgIpc) is 2.76. The number of hydrogen-bond donors (Lipinski definition) is 2. The summed E-state index contributed by atoms with van der Waals surface area (Å²) in [6, 6.07) is 5.91. The van der Waals surface area contributed by atoms with Gasteiger partial charge in [-0.15, -0.1) is 0 Å². The van der Waals surface area contributed by atoms with Crippen molar-refractivity contribution >= 4 is 5.97 Å². The van der Waals surface area contributed by atoms with Crippen molar-refractivity contribution in [2.75, 3.05) is 0 Å². The summed E-state index contributed by atoms with van der Waals surface area (Å²) in [6.07, 6.45) is 1.34. The molecule has 1 aromatic carbocycles. The number of H-pyrrole nitrogens is 1. The molecule has 0 aliphatic heterocycles. The summed E-state index contributed by atoms with van der Waals surface area (Å²) in [5.74, 6) is -1.55. The Morgan fingerprint density at radius 3 is 2.94 bits per heavy atom. The van der Waals surface area contributed by atoms with Gasteiger partial charge in [-0.2, -0.15) is 5.10 Å². The number of benzene rings is 1. The fraction of sp³-hybridized carbons (Fsp3) is 0.0909. The number of carboxylic acids is 1. The van der Waals surface area contributed by atoms with Crippen molar-refractivity contribution in [1.82, 2.24) is 10.2 Å². The van der Waals surface area contributed by atoms with Crippen LogP contribution in [0.5, 0.6) is 5.75 Å². The van der Waals surface area contributed by atoms with Crippen LogP contribution in [0.15, 0.2) is 30.5 Å². The Morgan fingerprint density at radius 1 is 1.47 bits per heavy atom. The Kier molecular flexibility index (Phi) is 3.04. The van der Waals surface area contributed by atoms with E-state index in [0.717, 1.165) is 0 Å². The van der Waals surface area contributed by atoms with Crippen molar-refractivity contribution in [3.63, 3.8) is 0 Å². The Labute approximate surface area is 95.9 Å². The first-order valence-corrected chi connectivity index (χ1v) is 4.81. The van der Waals surface area contributed by atoms with E-state index < -0.39 is 11.8 Å². The topological polar surface area (TPSA) is 75.2 Å². The van der Waals surface area contributed by atoms with Gasteiger partial charge in [0.25, 0.3) is 0 Å². The largest absolute Gasteiger partial charge is 0.486 e. The zero-order valence-corrected chi connectivity index (χ0v) is 8.68.